The summed E-state index contributed by atoms with van der Waals surface area (Å²) in [7, 11) is 0. The Kier molecular flexibility index (Phi) is 3.62. The number of carboxylic acid groups (broad SMARTS) is 1. The van der Waals surface area contributed by atoms with Crippen LogP contribution in [0.15, 0.2) is 22.7 Å². The molecule has 1 amide bonds. The fourth-order valence-corrected chi connectivity index (χ4v) is 2.33. The largest absolute Gasteiger partial charge is 0.479 e. The number of amides is 1. The molecule has 19 heavy (non-hydrogen) atoms. The highest BCUT2D eigenvalue weighted by Gasteiger charge is 2.46. The van der Waals surface area contributed by atoms with Crippen molar-refractivity contribution in [1.29, 1.82) is 0 Å². The molecule has 1 heterocycles. The third kappa shape index (κ3) is 2.63. The first-order valence-electron chi connectivity index (χ1n) is 5.81. The number of alkyl halides is 1. The van der Waals surface area contributed by atoms with E-state index in [2.05, 4.69) is 15.9 Å². The lowest BCUT2D eigenvalue weighted by Gasteiger charge is -2.18. The van der Waals surface area contributed by atoms with E-state index in [1.54, 1.807) is 18.2 Å². The van der Waals surface area contributed by atoms with Crippen molar-refractivity contribution in [3.8, 4) is 0 Å². The first-order valence-corrected chi connectivity index (χ1v) is 6.60. The van der Waals surface area contributed by atoms with Crippen LogP contribution in [0.3, 0.4) is 0 Å². The van der Waals surface area contributed by atoms with Gasteiger partial charge in [-0.1, -0.05) is 15.9 Å². The summed E-state index contributed by atoms with van der Waals surface area (Å²) in [4.78, 5) is 24.2. The quantitative estimate of drug-likeness (QED) is 0.906. The van der Waals surface area contributed by atoms with E-state index >= 15 is 0 Å². The number of halogens is 2. The minimum absolute atomic E-state index is 0.122. The van der Waals surface area contributed by atoms with Gasteiger partial charge in [0, 0.05) is 23.0 Å². The number of hydrogen-bond acceptors (Lipinski definition) is 2. The van der Waals surface area contributed by atoms with Gasteiger partial charge in [0.15, 0.2) is 0 Å². The van der Waals surface area contributed by atoms with Gasteiger partial charge in [-0.3, -0.25) is 4.79 Å². The van der Waals surface area contributed by atoms with E-state index in [1.807, 2.05) is 6.92 Å². The van der Waals surface area contributed by atoms with E-state index < -0.39 is 18.2 Å². The SMILES string of the molecule is Cc1cc(C(=O)N2CCC(F)(C(=O)O)C2)ccc1Br. The number of aliphatic carboxylic acids is 1. The molecule has 1 fully saturated rings. The molecule has 1 N–H and O–H groups in total. The Hall–Kier alpha value is -1.43. The molecular formula is C13H13BrFNO3. The number of carbonyl (C=O) groups excluding carboxylic acids is 1. The van der Waals surface area contributed by atoms with E-state index in [9.17, 15) is 14.0 Å². The predicted octanol–water partition coefficient (Wildman–Crippen LogP) is 2.40. The molecule has 4 nitrogen and oxygen atoms in total. The van der Waals surface area contributed by atoms with Crippen LogP contribution in [0.25, 0.3) is 0 Å². The Morgan fingerprint density at radius 1 is 1.47 bits per heavy atom. The highest BCUT2D eigenvalue weighted by molar-refractivity contribution is 9.10. The lowest BCUT2D eigenvalue weighted by atomic mass is 10.1. The minimum Gasteiger partial charge on any atom is -0.479 e. The summed E-state index contributed by atoms with van der Waals surface area (Å²) in [5.74, 6) is -1.84. The molecule has 1 atom stereocenters. The monoisotopic (exact) mass is 329 g/mol. The van der Waals surface area contributed by atoms with Crippen LogP contribution >= 0.6 is 15.9 Å². The Labute approximate surface area is 118 Å². The average molecular weight is 330 g/mol. The van der Waals surface area contributed by atoms with Crippen molar-refractivity contribution in [3.05, 3.63) is 33.8 Å². The molecule has 1 aliphatic heterocycles. The van der Waals surface area contributed by atoms with Crippen molar-refractivity contribution < 1.29 is 19.1 Å². The van der Waals surface area contributed by atoms with Gasteiger partial charge in [-0.05, 0) is 30.7 Å². The molecule has 1 aromatic carbocycles. The third-order valence-electron chi connectivity index (χ3n) is 3.29. The van der Waals surface area contributed by atoms with Gasteiger partial charge in [0.05, 0.1) is 6.54 Å². The maximum Gasteiger partial charge on any atom is 0.343 e. The number of benzene rings is 1. The molecule has 0 saturated carbocycles. The summed E-state index contributed by atoms with van der Waals surface area (Å²) < 4.78 is 14.8. The van der Waals surface area contributed by atoms with E-state index in [0.29, 0.717) is 5.56 Å². The van der Waals surface area contributed by atoms with Crippen LogP contribution in [0.4, 0.5) is 4.39 Å². The average Bonchev–Trinajstić information content (AvgIpc) is 2.76. The number of nitrogens with zero attached hydrogens (tertiary/aromatic N) is 1. The van der Waals surface area contributed by atoms with E-state index in [1.165, 1.54) is 4.90 Å². The van der Waals surface area contributed by atoms with Crippen LogP contribution in [0.2, 0.25) is 0 Å². The standard InChI is InChI=1S/C13H13BrFNO3/c1-8-6-9(2-3-10(8)14)11(17)16-5-4-13(15,7-16)12(18)19/h2-3,6H,4-5,7H2,1H3,(H,18,19). The van der Waals surface area contributed by atoms with Gasteiger partial charge < -0.3 is 10.0 Å². The molecular weight excluding hydrogens is 317 g/mol. The van der Waals surface area contributed by atoms with Gasteiger partial charge in [0.2, 0.25) is 5.67 Å². The van der Waals surface area contributed by atoms with Crippen molar-refractivity contribution >= 4 is 27.8 Å². The summed E-state index contributed by atoms with van der Waals surface area (Å²) >= 11 is 3.34. The first-order chi connectivity index (χ1) is 8.83. The molecule has 1 unspecified atom stereocenters. The molecule has 2 rings (SSSR count). The number of aryl methyl sites for hydroxylation is 1. The van der Waals surface area contributed by atoms with Gasteiger partial charge in [-0.15, -0.1) is 0 Å². The molecule has 6 heteroatoms. The predicted molar refractivity (Wildman–Crippen MR) is 70.9 cm³/mol. The zero-order chi connectivity index (χ0) is 14.2. The molecule has 0 bridgehead atoms. The van der Waals surface area contributed by atoms with Gasteiger partial charge in [-0.25, -0.2) is 9.18 Å². The number of hydrogen-bond donors (Lipinski definition) is 1. The molecule has 1 aromatic rings. The van der Waals surface area contributed by atoms with Gasteiger partial charge in [-0.2, -0.15) is 0 Å². The van der Waals surface area contributed by atoms with Crippen molar-refractivity contribution in [3.63, 3.8) is 0 Å². The lowest BCUT2D eigenvalue weighted by Crippen LogP contribution is -2.38. The van der Waals surface area contributed by atoms with Crippen LogP contribution in [-0.4, -0.2) is 40.6 Å². The number of carboxylic acids is 1. The highest BCUT2D eigenvalue weighted by atomic mass is 79.9. The van der Waals surface area contributed by atoms with Gasteiger partial charge >= 0.3 is 5.97 Å². The topological polar surface area (TPSA) is 57.6 Å². The second-order valence-electron chi connectivity index (χ2n) is 4.71. The molecule has 0 radical (unpaired) electrons. The summed E-state index contributed by atoms with van der Waals surface area (Å²) in [6.07, 6.45) is -0.163. The smallest absolute Gasteiger partial charge is 0.343 e. The third-order valence-corrected chi connectivity index (χ3v) is 4.18. The zero-order valence-electron chi connectivity index (χ0n) is 10.3. The Morgan fingerprint density at radius 2 is 2.16 bits per heavy atom. The molecule has 0 aromatic heterocycles. The van der Waals surface area contributed by atoms with Crippen molar-refractivity contribution in [1.82, 2.24) is 4.90 Å². The fourth-order valence-electron chi connectivity index (χ4n) is 2.08. The van der Waals surface area contributed by atoms with Crippen molar-refractivity contribution in [2.24, 2.45) is 0 Å². The number of rotatable bonds is 2. The fraction of sp³-hybridized carbons (Fsp3) is 0.385. The summed E-state index contributed by atoms with van der Waals surface area (Å²) in [6.45, 7) is 1.58. The normalized spacial score (nSPS) is 22.6. The minimum atomic E-state index is -2.32. The highest BCUT2D eigenvalue weighted by Crippen LogP contribution is 2.27. The first kappa shape index (κ1) is 14.0. The van der Waals surface area contributed by atoms with Crippen LogP contribution in [0, 0.1) is 6.92 Å². The summed E-state index contributed by atoms with van der Waals surface area (Å²) in [6, 6.07) is 5.09. The maximum absolute atomic E-state index is 13.9. The van der Waals surface area contributed by atoms with Crippen molar-refractivity contribution in [2.45, 2.75) is 19.0 Å². The molecule has 0 aliphatic carbocycles. The number of likely N-dealkylation sites (tertiary alicyclic amines) is 1. The van der Waals surface area contributed by atoms with Crippen LogP contribution in [0.1, 0.15) is 22.3 Å². The van der Waals surface area contributed by atoms with Crippen LogP contribution < -0.4 is 0 Å². The second-order valence-corrected chi connectivity index (χ2v) is 5.57. The lowest BCUT2D eigenvalue weighted by molar-refractivity contribution is -0.149. The van der Waals surface area contributed by atoms with E-state index in [0.717, 1.165) is 10.0 Å². The molecule has 0 spiro atoms. The van der Waals surface area contributed by atoms with Crippen molar-refractivity contribution in [2.75, 3.05) is 13.1 Å². The maximum atomic E-state index is 13.9. The van der Waals surface area contributed by atoms with Gasteiger partial charge in [0.1, 0.15) is 0 Å². The van der Waals surface area contributed by atoms with E-state index in [4.69, 9.17) is 5.11 Å². The molecule has 1 aliphatic rings. The van der Waals surface area contributed by atoms with Crippen LogP contribution in [0.5, 0.6) is 0 Å². The molecule has 102 valence electrons. The van der Waals surface area contributed by atoms with E-state index in [-0.39, 0.29) is 18.9 Å². The zero-order valence-corrected chi connectivity index (χ0v) is 11.9. The number of carbonyl (C=O) groups is 2. The van der Waals surface area contributed by atoms with Crippen LogP contribution in [-0.2, 0) is 4.79 Å². The van der Waals surface area contributed by atoms with Gasteiger partial charge in [0.25, 0.3) is 5.91 Å². The Morgan fingerprint density at radius 3 is 2.68 bits per heavy atom. The second kappa shape index (κ2) is 4.92. The Balaban J connectivity index is 2.18. The Bertz CT molecular complexity index is 549. The summed E-state index contributed by atoms with van der Waals surface area (Å²) in [5, 5.41) is 8.80. The summed E-state index contributed by atoms with van der Waals surface area (Å²) in [5.41, 5.74) is -0.981. The molecule has 1 saturated heterocycles.